The number of hydrogen-bond donors (Lipinski definition) is 1. The first-order valence-electron chi connectivity index (χ1n) is 7.53. The predicted molar refractivity (Wildman–Crippen MR) is 93.3 cm³/mol. The number of sulfonamides is 1. The number of halogens is 4. The van der Waals surface area contributed by atoms with Crippen LogP contribution in [-0.4, -0.2) is 22.1 Å². The molecule has 1 N–H and O–H groups in total. The molecule has 0 heterocycles. The van der Waals surface area contributed by atoms with E-state index < -0.39 is 33.6 Å². The molecule has 0 amide bonds. The van der Waals surface area contributed by atoms with Crippen LogP contribution in [0.25, 0.3) is 0 Å². The van der Waals surface area contributed by atoms with Crippen LogP contribution in [0.5, 0.6) is 0 Å². The Balaban J connectivity index is 2.03. The van der Waals surface area contributed by atoms with E-state index in [1.807, 2.05) is 0 Å². The molecule has 26 heavy (non-hydrogen) atoms. The lowest BCUT2D eigenvalue weighted by atomic mass is 10.1. The highest BCUT2D eigenvalue weighted by Crippen LogP contribution is 2.29. The third kappa shape index (κ3) is 5.70. The van der Waals surface area contributed by atoms with Gasteiger partial charge in [0.25, 0.3) is 0 Å². The summed E-state index contributed by atoms with van der Waals surface area (Å²) in [4.78, 5) is 0. The van der Waals surface area contributed by atoms with Crippen LogP contribution in [0.2, 0.25) is 5.02 Å². The van der Waals surface area contributed by atoms with Gasteiger partial charge in [-0.15, -0.1) is 0 Å². The van der Waals surface area contributed by atoms with Crippen molar-refractivity contribution in [2.24, 2.45) is 0 Å². The van der Waals surface area contributed by atoms with Gasteiger partial charge in [0, 0.05) is 24.2 Å². The minimum absolute atomic E-state index is 0.0524. The van der Waals surface area contributed by atoms with Gasteiger partial charge < -0.3 is 4.74 Å². The topological polar surface area (TPSA) is 55.4 Å². The van der Waals surface area contributed by atoms with Gasteiger partial charge in [0.2, 0.25) is 10.0 Å². The first kappa shape index (κ1) is 20.7. The molecule has 0 fully saturated rings. The number of methoxy groups -OCH3 is 1. The van der Waals surface area contributed by atoms with Crippen LogP contribution in [0.1, 0.15) is 22.8 Å². The second kappa shape index (κ2) is 8.39. The van der Waals surface area contributed by atoms with E-state index in [0.717, 1.165) is 24.3 Å². The van der Waals surface area contributed by atoms with Gasteiger partial charge in [-0.05, 0) is 23.8 Å². The van der Waals surface area contributed by atoms with E-state index in [-0.39, 0.29) is 12.1 Å². The Bertz CT molecular complexity index is 839. The summed E-state index contributed by atoms with van der Waals surface area (Å²) in [6.45, 7) is -0.0524. The highest BCUT2D eigenvalue weighted by atomic mass is 35.5. The summed E-state index contributed by atoms with van der Waals surface area (Å²) < 4.78 is 69.7. The van der Waals surface area contributed by atoms with Gasteiger partial charge in [-0.3, -0.25) is 0 Å². The van der Waals surface area contributed by atoms with Crippen molar-refractivity contribution in [1.29, 1.82) is 0 Å². The number of rotatable bonds is 7. The Hall–Kier alpha value is -1.61. The van der Waals surface area contributed by atoms with Crippen LogP contribution in [0.3, 0.4) is 0 Å². The Morgan fingerprint density at radius 2 is 1.73 bits per heavy atom. The van der Waals surface area contributed by atoms with E-state index in [1.54, 1.807) is 24.3 Å². The Morgan fingerprint density at radius 3 is 2.27 bits per heavy atom. The highest BCUT2D eigenvalue weighted by molar-refractivity contribution is 7.88. The first-order chi connectivity index (χ1) is 12.1. The molecule has 2 rings (SSSR count). The Labute approximate surface area is 155 Å². The van der Waals surface area contributed by atoms with Gasteiger partial charge in [0.15, 0.2) is 0 Å². The molecule has 4 nitrogen and oxygen atoms in total. The maximum absolute atomic E-state index is 12.5. The SMILES string of the molecule is CO[C@@H](CNS(=O)(=O)Cc1ccc(C(F)(F)F)cc1)c1ccccc1Cl. The zero-order chi connectivity index (χ0) is 19.4. The fourth-order valence-corrected chi connectivity index (χ4v) is 3.72. The second-order valence-electron chi connectivity index (χ2n) is 5.55. The maximum Gasteiger partial charge on any atom is 0.416 e. The van der Waals surface area contributed by atoms with Crippen LogP contribution < -0.4 is 4.72 Å². The molecule has 0 saturated carbocycles. The van der Waals surface area contributed by atoms with E-state index >= 15 is 0 Å². The minimum atomic E-state index is -4.46. The monoisotopic (exact) mass is 407 g/mol. The van der Waals surface area contributed by atoms with Gasteiger partial charge in [-0.1, -0.05) is 41.9 Å². The van der Waals surface area contributed by atoms with E-state index in [2.05, 4.69) is 4.72 Å². The van der Waals surface area contributed by atoms with Crippen molar-refractivity contribution in [3.05, 3.63) is 70.2 Å². The molecule has 0 aliphatic heterocycles. The quantitative estimate of drug-likeness (QED) is 0.749. The number of hydrogen-bond acceptors (Lipinski definition) is 3. The fourth-order valence-electron chi connectivity index (χ4n) is 2.32. The molecule has 0 spiro atoms. The molecule has 0 saturated heterocycles. The van der Waals surface area contributed by atoms with Crippen LogP contribution >= 0.6 is 11.6 Å². The van der Waals surface area contributed by atoms with Crippen molar-refractivity contribution in [3.8, 4) is 0 Å². The van der Waals surface area contributed by atoms with Crippen molar-refractivity contribution in [1.82, 2.24) is 4.72 Å². The lowest BCUT2D eigenvalue weighted by Crippen LogP contribution is -2.30. The molecule has 0 bridgehead atoms. The number of alkyl halides is 3. The molecule has 0 aliphatic rings. The van der Waals surface area contributed by atoms with Gasteiger partial charge in [0.1, 0.15) is 0 Å². The maximum atomic E-state index is 12.5. The highest BCUT2D eigenvalue weighted by Gasteiger charge is 2.30. The Kier molecular flexibility index (Phi) is 6.68. The summed E-state index contributed by atoms with van der Waals surface area (Å²) >= 11 is 6.08. The molecule has 2 aromatic rings. The van der Waals surface area contributed by atoms with E-state index in [1.165, 1.54) is 7.11 Å². The molecule has 1 atom stereocenters. The van der Waals surface area contributed by atoms with Gasteiger partial charge in [-0.2, -0.15) is 13.2 Å². The fraction of sp³-hybridized carbons (Fsp3) is 0.294. The zero-order valence-electron chi connectivity index (χ0n) is 13.8. The van der Waals surface area contributed by atoms with Crippen LogP contribution in [-0.2, 0) is 26.7 Å². The number of ether oxygens (including phenoxy) is 1. The standard InChI is InChI=1S/C17H17ClF3NO3S/c1-25-16(14-4-2-3-5-15(14)18)10-22-26(23,24)11-12-6-8-13(9-7-12)17(19,20)21/h2-9,16,22H,10-11H2,1H3/t16-/m0/s1. The molecule has 0 aromatic heterocycles. The van der Waals surface area contributed by atoms with E-state index in [4.69, 9.17) is 16.3 Å². The van der Waals surface area contributed by atoms with Gasteiger partial charge in [0.05, 0.1) is 17.4 Å². The first-order valence-corrected chi connectivity index (χ1v) is 9.56. The summed E-state index contributed by atoms with van der Waals surface area (Å²) in [5.74, 6) is -0.440. The molecule has 0 unspecified atom stereocenters. The smallest absolute Gasteiger partial charge is 0.375 e. The second-order valence-corrected chi connectivity index (χ2v) is 7.76. The van der Waals surface area contributed by atoms with Crippen molar-refractivity contribution in [2.45, 2.75) is 18.0 Å². The normalized spacial score (nSPS) is 13.6. The lowest BCUT2D eigenvalue weighted by molar-refractivity contribution is -0.137. The molecule has 0 aliphatic carbocycles. The average Bonchev–Trinajstić information content (AvgIpc) is 2.56. The predicted octanol–water partition coefficient (Wildman–Crippen LogP) is 4.17. The van der Waals surface area contributed by atoms with E-state index in [9.17, 15) is 21.6 Å². The minimum Gasteiger partial charge on any atom is -0.375 e. The molecule has 0 radical (unpaired) electrons. The zero-order valence-corrected chi connectivity index (χ0v) is 15.3. The van der Waals surface area contributed by atoms with Crippen LogP contribution in [0.15, 0.2) is 48.5 Å². The van der Waals surface area contributed by atoms with Crippen LogP contribution in [0.4, 0.5) is 13.2 Å². The van der Waals surface area contributed by atoms with Crippen LogP contribution in [0, 0.1) is 0 Å². The molecular formula is C17H17ClF3NO3S. The largest absolute Gasteiger partial charge is 0.416 e. The van der Waals surface area contributed by atoms with Crippen molar-refractivity contribution in [3.63, 3.8) is 0 Å². The third-order valence-electron chi connectivity index (χ3n) is 3.66. The number of nitrogens with one attached hydrogen (secondary N) is 1. The summed E-state index contributed by atoms with van der Waals surface area (Å²) in [6.07, 6.45) is -5.05. The van der Waals surface area contributed by atoms with Crippen molar-refractivity contribution < 1.29 is 26.3 Å². The summed E-state index contributed by atoms with van der Waals surface area (Å²) in [5, 5.41) is 0.446. The summed E-state index contributed by atoms with van der Waals surface area (Å²) in [6, 6.07) is 10.9. The lowest BCUT2D eigenvalue weighted by Gasteiger charge is -2.18. The van der Waals surface area contributed by atoms with E-state index in [0.29, 0.717) is 10.6 Å². The van der Waals surface area contributed by atoms with Gasteiger partial charge >= 0.3 is 6.18 Å². The number of benzene rings is 2. The Morgan fingerprint density at radius 1 is 1.12 bits per heavy atom. The summed E-state index contributed by atoms with van der Waals surface area (Å²) in [5.41, 5.74) is 0.0517. The van der Waals surface area contributed by atoms with Gasteiger partial charge in [-0.25, -0.2) is 13.1 Å². The molecule has 9 heteroatoms. The average molecular weight is 408 g/mol. The summed E-state index contributed by atoms with van der Waals surface area (Å²) in [7, 11) is -2.33. The van der Waals surface area contributed by atoms with Crippen molar-refractivity contribution in [2.75, 3.05) is 13.7 Å². The van der Waals surface area contributed by atoms with Crippen molar-refractivity contribution >= 4 is 21.6 Å². The molecule has 142 valence electrons. The third-order valence-corrected chi connectivity index (χ3v) is 5.33. The molecular weight excluding hydrogens is 391 g/mol. The molecule has 2 aromatic carbocycles.